The van der Waals surface area contributed by atoms with Gasteiger partial charge in [0.05, 0.1) is 11.4 Å². The van der Waals surface area contributed by atoms with Gasteiger partial charge in [0.15, 0.2) is 0 Å². The number of amides is 2. The first-order chi connectivity index (χ1) is 13.5. The first-order valence-corrected chi connectivity index (χ1v) is 10.8. The highest BCUT2D eigenvalue weighted by Gasteiger charge is 2.09. The Hall–Kier alpha value is -2.64. The maximum Gasteiger partial charge on any atom is 0.253 e. The second kappa shape index (κ2) is 9.52. The monoisotopic (exact) mass is 411 g/mol. The molecule has 0 spiro atoms. The molecule has 1 heterocycles. The second-order valence-corrected chi connectivity index (χ2v) is 8.17. The highest BCUT2D eigenvalue weighted by Crippen LogP contribution is 2.25. The number of hydrogen-bond donors (Lipinski definition) is 1. The maximum absolute atomic E-state index is 12.1. The van der Waals surface area contributed by atoms with Crippen LogP contribution in [0.4, 0.5) is 5.69 Å². The minimum atomic E-state index is -0.0739. The standard InChI is InChI=1S/C21H21N3O2S2/c1-24(2)21(26)16-8-10-17(11-9-16)22-19(25)14-27-12-18-13-28-20(23-18)15-6-4-3-5-7-15/h3-11,13H,12,14H2,1-2H3,(H,22,25). The molecule has 7 heteroatoms. The summed E-state index contributed by atoms with van der Waals surface area (Å²) in [5.41, 5.74) is 3.36. The molecule has 1 N–H and O–H groups in total. The number of hydrogen-bond acceptors (Lipinski definition) is 5. The van der Waals surface area contributed by atoms with Crippen LogP contribution >= 0.6 is 23.1 Å². The summed E-state index contributed by atoms with van der Waals surface area (Å²) in [5.74, 6) is 0.894. The van der Waals surface area contributed by atoms with Gasteiger partial charge in [0.1, 0.15) is 5.01 Å². The third kappa shape index (κ3) is 5.43. The van der Waals surface area contributed by atoms with Gasteiger partial charge < -0.3 is 10.2 Å². The fourth-order valence-electron chi connectivity index (χ4n) is 2.49. The SMILES string of the molecule is CN(C)C(=O)c1ccc(NC(=O)CSCc2csc(-c3ccccc3)n2)cc1. The lowest BCUT2D eigenvalue weighted by atomic mass is 10.2. The zero-order valence-corrected chi connectivity index (χ0v) is 17.3. The Balaban J connectivity index is 1.46. The highest BCUT2D eigenvalue weighted by molar-refractivity contribution is 7.99. The van der Waals surface area contributed by atoms with E-state index in [2.05, 4.69) is 10.3 Å². The summed E-state index contributed by atoms with van der Waals surface area (Å²) < 4.78 is 0. The average Bonchev–Trinajstić information content (AvgIpc) is 3.17. The van der Waals surface area contributed by atoms with Gasteiger partial charge in [-0.1, -0.05) is 30.3 Å². The van der Waals surface area contributed by atoms with Crippen molar-refractivity contribution in [2.75, 3.05) is 25.2 Å². The Morgan fingerprint density at radius 3 is 2.46 bits per heavy atom. The van der Waals surface area contributed by atoms with Crippen LogP contribution in [0.1, 0.15) is 16.1 Å². The normalized spacial score (nSPS) is 10.5. The molecule has 3 rings (SSSR count). The van der Waals surface area contributed by atoms with E-state index in [1.165, 1.54) is 16.7 Å². The number of benzene rings is 2. The number of rotatable bonds is 7. The Bertz CT molecular complexity index is 938. The molecule has 0 radical (unpaired) electrons. The Morgan fingerprint density at radius 2 is 1.79 bits per heavy atom. The molecule has 5 nitrogen and oxygen atoms in total. The van der Waals surface area contributed by atoms with Gasteiger partial charge in [0, 0.05) is 42.0 Å². The number of thioether (sulfide) groups is 1. The maximum atomic E-state index is 12.1. The molecule has 2 amide bonds. The molecule has 0 fully saturated rings. The average molecular weight is 412 g/mol. The molecule has 0 atom stereocenters. The summed E-state index contributed by atoms with van der Waals surface area (Å²) >= 11 is 3.14. The molecule has 28 heavy (non-hydrogen) atoms. The van der Waals surface area contributed by atoms with Crippen LogP contribution in [-0.4, -0.2) is 41.5 Å². The van der Waals surface area contributed by atoms with E-state index in [1.807, 2.05) is 35.7 Å². The lowest BCUT2D eigenvalue weighted by Gasteiger charge is -2.11. The van der Waals surface area contributed by atoms with Crippen LogP contribution in [0.5, 0.6) is 0 Å². The Labute approximate surface area is 172 Å². The van der Waals surface area contributed by atoms with Gasteiger partial charge in [-0.3, -0.25) is 9.59 Å². The quantitative estimate of drug-likeness (QED) is 0.627. The predicted octanol–water partition coefficient (Wildman–Crippen LogP) is 4.38. The van der Waals surface area contributed by atoms with Crippen molar-refractivity contribution in [3.8, 4) is 10.6 Å². The molecular weight excluding hydrogens is 390 g/mol. The first kappa shape index (κ1) is 20.1. The fraction of sp³-hybridized carbons (Fsp3) is 0.190. The van der Waals surface area contributed by atoms with Crippen molar-refractivity contribution in [1.82, 2.24) is 9.88 Å². The third-order valence-electron chi connectivity index (χ3n) is 3.88. The van der Waals surface area contributed by atoms with Crippen LogP contribution in [0.25, 0.3) is 10.6 Å². The van der Waals surface area contributed by atoms with E-state index >= 15 is 0 Å². The molecule has 0 saturated carbocycles. The molecule has 0 saturated heterocycles. The molecule has 2 aromatic carbocycles. The number of thiazole rings is 1. The Kier molecular flexibility index (Phi) is 6.84. The molecule has 3 aromatic rings. The molecule has 1 aromatic heterocycles. The van der Waals surface area contributed by atoms with Crippen molar-refractivity contribution in [3.05, 3.63) is 71.2 Å². The van der Waals surface area contributed by atoms with Gasteiger partial charge in [-0.2, -0.15) is 0 Å². The molecular formula is C21H21N3O2S2. The summed E-state index contributed by atoms with van der Waals surface area (Å²) in [4.78, 5) is 30.2. The first-order valence-electron chi connectivity index (χ1n) is 8.72. The van der Waals surface area contributed by atoms with Crippen LogP contribution < -0.4 is 5.32 Å². The number of carbonyl (C=O) groups excluding carboxylic acids is 2. The van der Waals surface area contributed by atoms with Gasteiger partial charge in [0.2, 0.25) is 5.91 Å². The van der Waals surface area contributed by atoms with Crippen molar-refractivity contribution < 1.29 is 9.59 Å². The van der Waals surface area contributed by atoms with E-state index < -0.39 is 0 Å². The molecule has 0 aliphatic rings. The smallest absolute Gasteiger partial charge is 0.253 e. The van der Waals surface area contributed by atoms with Crippen molar-refractivity contribution in [1.29, 1.82) is 0 Å². The lowest BCUT2D eigenvalue weighted by molar-refractivity contribution is -0.113. The van der Waals surface area contributed by atoms with Crippen LogP contribution in [0.15, 0.2) is 60.0 Å². The Morgan fingerprint density at radius 1 is 1.07 bits per heavy atom. The van der Waals surface area contributed by atoms with Crippen LogP contribution in [0, 0.1) is 0 Å². The van der Waals surface area contributed by atoms with Crippen LogP contribution in [0.3, 0.4) is 0 Å². The van der Waals surface area contributed by atoms with Crippen LogP contribution in [-0.2, 0) is 10.5 Å². The molecule has 0 bridgehead atoms. The topological polar surface area (TPSA) is 62.3 Å². The van der Waals surface area contributed by atoms with Gasteiger partial charge in [0.25, 0.3) is 5.91 Å². The van der Waals surface area contributed by atoms with Gasteiger partial charge in [-0.05, 0) is 24.3 Å². The fourth-order valence-corrected chi connectivity index (χ4v) is 4.13. The van der Waals surface area contributed by atoms with Crippen molar-refractivity contribution in [2.24, 2.45) is 0 Å². The number of aromatic nitrogens is 1. The van der Waals surface area contributed by atoms with E-state index in [0.29, 0.717) is 22.8 Å². The lowest BCUT2D eigenvalue weighted by Crippen LogP contribution is -2.21. The number of carbonyl (C=O) groups is 2. The van der Waals surface area contributed by atoms with Gasteiger partial charge in [-0.15, -0.1) is 23.1 Å². The highest BCUT2D eigenvalue weighted by atomic mass is 32.2. The number of nitrogens with zero attached hydrogens (tertiary/aromatic N) is 2. The van der Waals surface area contributed by atoms with Gasteiger partial charge in [-0.25, -0.2) is 4.98 Å². The van der Waals surface area contributed by atoms with E-state index in [0.717, 1.165) is 16.3 Å². The predicted molar refractivity (Wildman–Crippen MR) is 117 cm³/mol. The molecule has 0 unspecified atom stereocenters. The summed E-state index contributed by atoms with van der Waals surface area (Å²) in [6.45, 7) is 0. The summed E-state index contributed by atoms with van der Waals surface area (Å²) in [5, 5.41) is 5.88. The van der Waals surface area contributed by atoms with Gasteiger partial charge >= 0.3 is 0 Å². The largest absolute Gasteiger partial charge is 0.345 e. The molecule has 0 aliphatic heterocycles. The number of anilines is 1. The minimum absolute atomic E-state index is 0.0634. The summed E-state index contributed by atoms with van der Waals surface area (Å²) in [7, 11) is 3.42. The molecule has 0 aliphatic carbocycles. The van der Waals surface area contributed by atoms with Crippen LogP contribution in [0.2, 0.25) is 0 Å². The zero-order valence-electron chi connectivity index (χ0n) is 15.7. The van der Waals surface area contributed by atoms with E-state index in [9.17, 15) is 9.59 Å². The zero-order chi connectivity index (χ0) is 19.9. The summed E-state index contributed by atoms with van der Waals surface area (Å²) in [6, 6.07) is 17.0. The van der Waals surface area contributed by atoms with Crippen molar-refractivity contribution in [3.63, 3.8) is 0 Å². The minimum Gasteiger partial charge on any atom is -0.345 e. The van der Waals surface area contributed by atoms with E-state index in [-0.39, 0.29) is 11.8 Å². The molecule has 144 valence electrons. The third-order valence-corrected chi connectivity index (χ3v) is 5.78. The summed E-state index contributed by atoms with van der Waals surface area (Å²) in [6.07, 6.45) is 0. The van der Waals surface area contributed by atoms with E-state index in [4.69, 9.17) is 0 Å². The second-order valence-electron chi connectivity index (χ2n) is 6.33. The number of nitrogens with one attached hydrogen (secondary N) is 1. The van der Waals surface area contributed by atoms with Crippen molar-refractivity contribution >= 4 is 40.6 Å². The van der Waals surface area contributed by atoms with E-state index in [1.54, 1.807) is 49.7 Å². The van der Waals surface area contributed by atoms with Crippen molar-refractivity contribution in [2.45, 2.75) is 5.75 Å².